The Kier molecular flexibility index (Phi) is 6.50. The highest BCUT2D eigenvalue weighted by atomic mass is 16.6. The zero-order valence-corrected chi connectivity index (χ0v) is 16.0. The summed E-state index contributed by atoms with van der Waals surface area (Å²) in [6.07, 6.45) is -1.03. The summed E-state index contributed by atoms with van der Waals surface area (Å²) in [5.74, 6) is 0. The van der Waals surface area contributed by atoms with Gasteiger partial charge in [-0.05, 0) is 54.9 Å². The molecule has 0 aromatic rings. The van der Waals surface area contributed by atoms with Crippen LogP contribution in [0.25, 0.3) is 0 Å². The average molecular weight is 344 g/mol. The molecule has 24 heavy (non-hydrogen) atoms. The molecule has 0 radical (unpaired) electrons. The lowest BCUT2D eigenvalue weighted by Crippen LogP contribution is -2.58. The molecular formula is C17H32N2O5. The minimum Gasteiger partial charge on any atom is -0.444 e. The minimum absolute atomic E-state index is 0.305. The highest BCUT2D eigenvalue weighted by molar-refractivity contribution is 5.71. The molecule has 2 atom stereocenters. The number of carbonyl (C=O) groups excluding carboxylic acids is 2. The highest BCUT2D eigenvalue weighted by Crippen LogP contribution is 2.20. The first-order valence-corrected chi connectivity index (χ1v) is 8.44. The van der Waals surface area contributed by atoms with Crippen LogP contribution in [-0.4, -0.2) is 70.1 Å². The molecule has 1 unspecified atom stereocenters. The Morgan fingerprint density at radius 1 is 1.04 bits per heavy atom. The second-order valence-electron chi connectivity index (χ2n) is 8.34. The third-order valence-corrected chi connectivity index (χ3v) is 3.38. The fourth-order valence-corrected chi connectivity index (χ4v) is 2.50. The van der Waals surface area contributed by atoms with Crippen LogP contribution in [0.3, 0.4) is 0 Å². The number of carbonyl (C=O) groups is 2. The van der Waals surface area contributed by atoms with Crippen molar-refractivity contribution in [2.45, 2.75) is 78.2 Å². The molecule has 0 bridgehead atoms. The molecule has 1 heterocycles. The quantitative estimate of drug-likeness (QED) is 0.833. The third-order valence-electron chi connectivity index (χ3n) is 3.38. The van der Waals surface area contributed by atoms with E-state index in [2.05, 4.69) is 0 Å². The van der Waals surface area contributed by atoms with Crippen LogP contribution in [0.1, 0.15) is 54.9 Å². The first kappa shape index (κ1) is 20.5. The molecule has 0 aliphatic carbocycles. The molecule has 1 rings (SSSR count). The maximum absolute atomic E-state index is 12.4. The van der Waals surface area contributed by atoms with Gasteiger partial charge in [0.1, 0.15) is 11.2 Å². The number of rotatable bonds is 2. The number of hydrogen-bond donors (Lipinski definition) is 1. The Morgan fingerprint density at radius 3 is 2.00 bits per heavy atom. The summed E-state index contributed by atoms with van der Waals surface area (Å²) in [5, 5.41) is 9.73. The molecule has 0 saturated carbocycles. The van der Waals surface area contributed by atoms with Crippen molar-refractivity contribution in [2.24, 2.45) is 0 Å². The molecule has 1 aliphatic heterocycles. The van der Waals surface area contributed by atoms with Crippen LogP contribution in [0.2, 0.25) is 0 Å². The smallest absolute Gasteiger partial charge is 0.410 e. The number of piperazine rings is 1. The number of amides is 2. The van der Waals surface area contributed by atoms with E-state index in [0.717, 1.165) is 0 Å². The van der Waals surface area contributed by atoms with Crippen LogP contribution >= 0.6 is 0 Å². The molecule has 1 N–H and O–H groups in total. The van der Waals surface area contributed by atoms with Crippen LogP contribution in [0.4, 0.5) is 9.59 Å². The summed E-state index contributed by atoms with van der Waals surface area (Å²) in [4.78, 5) is 27.8. The Labute approximate surface area is 144 Å². The van der Waals surface area contributed by atoms with Crippen molar-refractivity contribution < 1.29 is 24.2 Å². The summed E-state index contributed by atoms with van der Waals surface area (Å²) in [5.41, 5.74) is -1.16. The summed E-state index contributed by atoms with van der Waals surface area (Å²) in [6, 6.07) is -0.305. The van der Waals surface area contributed by atoms with Crippen molar-refractivity contribution in [1.29, 1.82) is 0 Å². The SMILES string of the molecule is CC(O)C[C@H]1CN(C(=O)OC(C)(C)C)CCN1C(=O)OC(C)(C)C. The van der Waals surface area contributed by atoms with Gasteiger partial charge in [0.05, 0.1) is 12.1 Å². The van der Waals surface area contributed by atoms with E-state index in [-0.39, 0.29) is 6.04 Å². The Hall–Kier alpha value is -1.50. The standard InChI is InChI=1S/C17H32N2O5/c1-12(20)10-13-11-18(14(21)23-16(2,3)4)8-9-19(13)15(22)24-17(5,6)7/h12-13,20H,8-11H2,1-7H3/t12?,13-/m0/s1. The Morgan fingerprint density at radius 2 is 1.54 bits per heavy atom. The molecule has 2 amide bonds. The summed E-state index contributed by atoms with van der Waals surface area (Å²) in [7, 11) is 0. The van der Waals surface area contributed by atoms with Crippen LogP contribution in [0, 0.1) is 0 Å². The van der Waals surface area contributed by atoms with Gasteiger partial charge in [-0.1, -0.05) is 0 Å². The molecule has 0 spiro atoms. The van der Waals surface area contributed by atoms with Gasteiger partial charge in [0.2, 0.25) is 0 Å². The number of nitrogens with zero attached hydrogens (tertiary/aromatic N) is 2. The number of hydrogen-bond acceptors (Lipinski definition) is 5. The van der Waals surface area contributed by atoms with Gasteiger partial charge in [-0.2, -0.15) is 0 Å². The van der Waals surface area contributed by atoms with Gasteiger partial charge in [0.15, 0.2) is 0 Å². The molecule has 1 fully saturated rings. The van der Waals surface area contributed by atoms with Gasteiger partial charge < -0.3 is 24.4 Å². The third kappa shape index (κ3) is 6.95. The molecule has 0 aromatic carbocycles. The van der Waals surface area contributed by atoms with Crippen molar-refractivity contribution in [1.82, 2.24) is 9.80 Å². The Balaban J connectivity index is 2.80. The number of aliphatic hydroxyl groups is 1. The predicted octanol–water partition coefficient (Wildman–Crippen LogP) is 2.61. The van der Waals surface area contributed by atoms with E-state index in [9.17, 15) is 14.7 Å². The molecule has 140 valence electrons. The van der Waals surface area contributed by atoms with E-state index in [1.807, 2.05) is 41.5 Å². The van der Waals surface area contributed by atoms with Crippen molar-refractivity contribution in [2.75, 3.05) is 19.6 Å². The van der Waals surface area contributed by atoms with E-state index >= 15 is 0 Å². The highest BCUT2D eigenvalue weighted by Gasteiger charge is 2.36. The van der Waals surface area contributed by atoms with E-state index < -0.39 is 29.5 Å². The first-order chi connectivity index (χ1) is 10.8. The normalized spacial score (nSPS) is 20.6. The Bertz CT molecular complexity index is 451. The average Bonchev–Trinajstić information content (AvgIpc) is 2.33. The van der Waals surface area contributed by atoms with Crippen molar-refractivity contribution >= 4 is 12.2 Å². The van der Waals surface area contributed by atoms with Crippen LogP contribution in [0.15, 0.2) is 0 Å². The molecular weight excluding hydrogens is 312 g/mol. The largest absolute Gasteiger partial charge is 0.444 e. The summed E-state index contributed by atoms with van der Waals surface area (Å²) in [6.45, 7) is 13.6. The lowest BCUT2D eigenvalue weighted by atomic mass is 10.1. The van der Waals surface area contributed by atoms with Gasteiger partial charge >= 0.3 is 12.2 Å². The van der Waals surface area contributed by atoms with Crippen molar-refractivity contribution in [3.8, 4) is 0 Å². The molecule has 1 saturated heterocycles. The summed E-state index contributed by atoms with van der Waals surface area (Å²) >= 11 is 0. The van der Waals surface area contributed by atoms with Crippen LogP contribution in [0.5, 0.6) is 0 Å². The summed E-state index contributed by atoms with van der Waals surface area (Å²) < 4.78 is 10.8. The molecule has 1 aliphatic rings. The maximum Gasteiger partial charge on any atom is 0.410 e. The fourth-order valence-electron chi connectivity index (χ4n) is 2.50. The second kappa shape index (κ2) is 7.59. The van der Waals surface area contributed by atoms with Gasteiger partial charge in [-0.25, -0.2) is 9.59 Å². The molecule has 7 nitrogen and oxygen atoms in total. The topological polar surface area (TPSA) is 79.3 Å². The van der Waals surface area contributed by atoms with Crippen molar-refractivity contribution in [3.63, 3.8) is 0 Å². The fraction of sp³-hybridized carbons (Fsp3) is 0.882. The van der Waals surface area contributed by atoms with Gasteiger partial charge in [-0.15, -0.1) is 0 Å². The van der Waals surface area contributed by atoms with Gasteiger partial charge in [0, 0.05) is 19.6 Å². The molecule has 7 heteroatoms. The van der Waals surface area contributed by atoms with Gasteiger partial charge in [-0.3, -0.25) is 0 Å². The first-order valence-electron chi connectivity index (χ1n) is 8.44. The van der Waals surface area contributed by atoms with Crippen molar-refractivity contribution in [3.05, 3.63) is 0 Å². The van der Waals surface area contributed by atoms with E-state index in [0.29, 0.717) is 26.1 Å². The van der Waals surface area contributed by atoms with E-state index in [4.69, 9.17) is 9.47 Å². The van der Waals surface area contributed by atoms with Gasteiger partial charge in [0.25, 0.3) is 0 Å². The molecule has 0 aromatic heterocycles. The zero-order valence-electron chi connectivity index (χ0n) is 16.0. The van der Waals surface area contributed by atoms with Crippen LogP contribution in [-0.2, 0) is 9.47 Å². The number of ether oxygens (including phenoxy) is 2. The monoisotopic (exact) mass is 344 g/mol. The zero-order chi connectivity index (χ0) is 18.7. The van der Waals surface area contributed by atoms with Crippen LogP contribution < -0.4 is 0 Å². The lowest BCUT2D eigenvalue weighted by Gasteiger charge is -2.42. The van der Waals surface area contributed by atoms with E-state index in [1.54, 1.807) is 16.7 Å². The number of aliphatic hydroxyl groups excluding tert-OH is 1. The lowest BCUT2D eigenvalue weighted by molar-refractivity contribution is -0.0211. The second-order valence-corrected chi connectivity index (χ2v) is 8.34. The predicted molar refractivity (Wildman–Crippen MR) is 90.8 cm³/mol. The maximum atomic E-state index is 12.4. The van der Waals surface area contributed by atoms with E-state index in [1.165, 1.54) is 0 Å². The minimum atomic E-state index is -0.589.